The molecule has 8 aromatic carbocycles. The summed E-state index contributed by atoms with van der Waals surface area (Å²) in [5.41, 5.74) is 25.6. The summed E-state index contributed by atoms with van der Waals surface area (Å²) >= 11 is 0. The van der Waals surface area contributed by atoms with Crippen LogP contribution in [0.2, 0.25) is 0 Å². The lowest BCUT2D eigenvalue weighted by Crippen LogP contribution is -2.41. The first-order valence-electron chi connectivity index (χ1n) is 27.0. The molecule has 14 heteroatoms. The summed E-state index contributed by atoms with van der Waals surface area (Å²) in [5.74, 6) is 0.679. The average molecular weight is 1050 g/mol. The molecule has 0 heterocycles. The van der Waals surface area contributed by atoms with Gasteiger partial charge in [0.2, 0.25) is 11.8 Å². The third kappa shape index (κ3) is 15.2. The number of hydrogen-bond donors (Lipinski definition) is 6. The van der Waals surface area contributed by atoms with Gasteiger partial charge in [0, 0.05) is 49.9 Å². The zero-order valence-corrected chi connectivity index (χ0v) is 44.1. The van der Waals surface area contributed by atoms with Crippen molar-refractivity contribution in [1.82, 2.24) is 10.6 Å². The van der Waals surface area contributed by atoms with Crippen molar-refractivity contribution in [2.75, 3.05) is 26.3 Å². The molecule has 1 unspecified atom stereocenters. The lowest BCUT2D eigenvalue weighted by molar-refractivity contribution is -0.127. The molecule has 2 amide bonds. The summed E-state index contributed by atoms with van der Waals surface area (Å²) in [6, 6.07) is 50.6. The van der Waals surface area contributed by atoms with Crippen molar-refractivity contribution in [3.8, 4) is 22.6 Å². The maximum atomic E-state index is 13.9. The highest BCUT2D eigenvalue weighted by Gasteiger charge is 2.24. The van der Waals surface area contributed by atoms with Gasteiger partial charge in [0.1, 0.15) is 11.5 Å². The first-order chi connectivity index (χ1) is 38.0. The Bertz CT molecular complexity index is 3200. The third-order valence-corrected chi connectivity index (χ3v) is 14.0. The largest absolute Gasteiger partial charge is 0.493 e. The van der Waals surface area contributed by atoms with Gasteiger partial charge in [-0.15, -0.1) is 0 Å². The lowest BCUT2D eigenvalue weighted by Gasteiger charge is -2.20. The van der Waals surface area contributed by atoms with E-state index in [-0.39, 0.29) is 74.2 Å². The average Bonchev–Trinajstić information content (AvgIpc) is 3.57. The number of benzene rings is 8. The summed E-state index contributed by atoms with van der Waals surface area (Å²) in [6.45, 7) is 1.32. The van der Waals surface area contributed by atoms with Gasteiger partial charge in [-0.25, -0.2) is 0 Å². The minimum absolute atomic E-state index is 0.0180. The van der Waals surface area contributed by atoms with Gasteiger partial charge in [0.15, 0.2) is 23.5 Å². The number of Topliss-reactive ketones (excluding diaryl/α,β-unsaturated/α-hetero) is 2. The number of carbonyl (C=O) groups excluding carboxylic acids is 4. The molecule has 10 N–H and O–H groups in total. The predicted molar refractivity (Wildman–Crippen MR) is 315 cm³/mol. The number of fused-ring (bicyclic) bond motifs is 4. The van der Waals surface area contributed by atoms with Crippen LogP contribution < -0.4 is 43.0 Å². The van der Waals surface area contributed by atoms with Crippen molar-refractivity contribution in [2.45, 2.75) is 89.1 Å². The Morgan fingerprint density at radius 2 is 0.769 bits per heavy atom. The summed E-state index contributed by atoms with van der Waals surface area (Å²) in [5, 5.41) is 14.2. The number of nitrogens with one attached hydrogen (secondary N) is 2. The molecule has 0 radical (unpaired) electrons. The van der Waals surface area contributed by atoms with Crippen molar-refractivity contribution in [3.63, 3.8) is 0 Å². The van der Waals surface area contributed by atoms with Gasteiger partial charge in [-0.1, -0.05) is 146 Å². The minimum atomic E-state index is -0.686. The molecule has 0 saturated heterocycles. The monoisotopic (exact) mass is 1050 g/mol. The Kier molecular flexibility index (Phi) is 19.8. The van der Waals surface area contributed by atoms with Crippen molar-refractivity contribution in [3.05, 3.63) is 169 Å². The molecule has 0 bridgehead atoms. The van der Waals surface area contributed by atoms with Crippen molar-refractivity contribution in [1.29, 1.82) is 0 Å². The number of unbranched alkanes of at least 4 members (excludes halogenated alkanes) is 2. The van der Waals surface area contributed by atoms with E-state index in [9.17, 15) is 19.2 Å². The van der Waals surface area contributed by atoms with Crippen LogP contribution in [0.3, 0.4) is 0 Å². The molecular formula is C64H70N8O6. The zero-order valence-electron chi connectivity index (χ0n) is 44.1. The molecule has 8 aromatic rings. The lowest BCUT2D eigenvalue weighted by atomic mass is 9.92. The van der Waals surface area contributed by atoms with E-state index in [0.717, 1.165) is 65.3 Å². The standard InChI is InChI=1S/C64H70N8O6/c65-63(66)69-37-11-9-29-53(55(73)41-47-23-13-21-43-17-1-5-25-49(43)47)71-59(75)31-15-39-77-57-35-33-45-19-3-7-27-51(45)61(57)62-52-28-8-4-20-46(52)34-36-58(62)78-40-16-32-60(76)72-54(30-10-12-38-70-64(67)68)56(74)42-48-24-14-22-44-18-2-6-26-50(44)48/h1-8,13-14,17-28,33-36,53-54H,9-12,15-16,29-32,37-42H2,(H,71,75)(H,72,76)(H4,65,66,69)(H4,67,68,70)/t53-,54?/m1/s1. The number of aliphatic imine (C=N–C) groups is 2. The Balaban J connectivity index is 0.935. The molecule has 0 aliphatic carbocycles. The molecule has 0 fully saturated rings. The van der Waals surface area contributed by atoms with Crippen LogP contribution in [0, 0.1) is 0 Å². The zero-order chi connectivity index (χ0) is 54.6. The molecular weight excluding hydrogens is 977 g/mol. The fraction of sp³-hybridized carbons (Fsp3) is 0.281. The minimum Gasteiger partial charge on any atom is -0.493 e. The fourth-order valence-corrected chi connectivity index (χ4v) is 10.1. The molecule has 0 aliphatic rings. The number of guanidine groups is 2. The van der Waals surface area contributed by atoms with Crippen molar-refractivity contribution < 1.29 is 28.7 Å². The van der Waals surface area contributed by atoms with E-state index in [2.05, 4.69) is 44.9 Å². The van der Waals surface area contributed by atoms with E-state index in [1.165, 1.54) is 0 Å². The van der Waals surface area contributed by atoms with Crippen LogP contribution in [0.4, 0.5) is 0 Å². The van der Waals surface area contributed by atoms with Crippen LogP contribution in [0.5, 0.6) is 11.5 Å². The molecule has 402 valence electrons. The predicted octanol–water partition coefficient (Wildman–Crippen LogP) is 9.77. The molecule has 0 spiro atoms. The van der Waals surface area contributed by atoms with E-state index in [1.807, 2.05) is 133 Å². The van der Waals surface area contributed by atoms with Crippen molar-refractivity contribution >= 4 is 78.4 Å². The van der Waals surface area contributed by atoms with Gasteiger partial charge in [-0.2, -0.15) is 0 Å². The van der Waals surface area contributed by atoms with Crippen LogP contribution in [-0.2, 0) is 32.0 Å². The summed E-state index contributed by atoms with van der Waals surface area (Å²) in [7, 11) is 0. The highest BCUT2D eigenvalue weighted by Crippen LogP contribution is 2.45. The summed E-state index contributed by atoms with van der Waals surface area (Å²) < 4.78 is 13.3. The maximum absolute atomic E-state index is 13.9. The first-order valence-corrected chi connectivity index (χ1v) is 27.0. The van der Waals surface area contributed by atoms with E-state index >= 15 is 0 Å². The number of ether oxygens (including phenoxy) is 2. The van der Waals surface area contributed by atoms with Crippen molar-refractivity contribution in [2.24, 2.45) is 32.9 Å². The maximum Gasteiger partial charge on any atom is 0.220 e. The van der Waals surface area contributed by atoms with Crippen LogP contribution in [0.25, 0.3) is 54.2 Å². The molecule has 0 saturated carbocycles. The second-order valence-corrected chi connectivity index (χ2v) is 19.6. The Morgan fingerprint density at radius 1 is 0.410 bits per heavy atom. The normalized spacial score (nSPS) is 11.9. The quantitative estimate of drug-likeness (QED) is 0.0147. The second kappa shape index (κ2) is 27.8. The number of nitrogens with zero attached hydrogens (tertiary/aromatic N) is 2. The molecule has 78 heavy (non-hydrogen) atoms. The van der Waals surface area contributed by atoms with E-state index < -0.39 is 12.1 Å². The van der Waals surface area contributed by atoms with E-state index in [4.69, 9.17) is 32.4 Å². The Morgan fingerprint density at radius 3 is 1.17 bits per heavy atom. The molecule has 14 nitrogen and oxygen atoms in total. The Labute approximate surface area is 455 Å². The number of carbonyl (C=O) groups is 4. The summed E-state index contributed by atoms with van der Waals surface area (Å²) in [6.07, 6.45) is 4.96. The molecule has 0 aliphatic heterocycles. The smallest absolute Gasteiger partial charge is 0.220 e. The molecule has 8 rings (SSSR count). The number of amides is 2. The highest BCUT2D eigenvalue weighted by atomic mass is 16.5. The highest BCUT2D eigenvalue weighted by molar-refractivity contribution is 6.10. The van der Waals surface area contributed by atoms with E-state index in [0.29, 0.717) is 76.0 Å². The molecule has 0 aromatic heterocycles. The topological polar surface area (TPSA) is 240 Å². The SMILES string of the molecule is NC(N)=NCCCCC(NC(=O)CCCOc1ccc2ccccc2c1-c1c(OCCCC(=O)N[C@H](CCCCN=C(N)N)C(=O)Cc2cccc3ccccc23)ccc2ccccc12)C(=O)Cc1cccc2ccccc12. The van der Waals surface area contributed by atoms with Crippen LogP contribution in [0.15, 0.2) is 168 Å². The van der Waals surface area contributed by atoms with Gasteiger partial charge in [-0.05, 0) is 118 Å². The fourth-order valence-electron chi connectivity index (χ4n) is 10.1. The van der Waals surface area contributed by atoms with E-state index in [1.54, 1.807) is 0 Å². The number of ketones is 2. The van der Waals surface area contributed by atoms with Gasteiger partial charge in [-0.3, -0.25) is 29.2 Å². The molecule has 2 atom stereocenters. The van der Waals surface area contributed by atoms with Crippen LogP contribution in [0.1, 0.15) is 75.3 Å². The van der Waals surface area contributed by atoms with Crippen LogP contribution in [-0.4, -0.2) is 73.7 Å². The van der Waals surface area contributed by atoms with Gasteiger partial charge >= 0.3 is 0 Å². The van der Waals surface area contributed by atoms with Gasteiger partial charge in [0.25, 0.3) is 0 Å². The third-order valence-electron chi connectivity index (χ3n) is 14.0. The number of rotatable bonds is 29. The number of nitrogens with two attached hydrogens (primary N) is 4. The van der Waals surface area contributed by atoms with Gasteiger partial charge < -0.3 is 43.0 Å². The van der Waals surface area contributed by atoms with Crippen LogP contribution >= 0.6 is 0 Å². The Hall–Kier alpha value is -8.78. The second-order valence-electron chi connectivity index (χ2n) is 19.6. The van der Waals surface area contributed by atoms with Gasteiger partial charge in [0.05, 0.1) is 25.3 Å². The number of hydrogen-bond acceptors (Lipinski definition) is 8. The first kappa shape index (κ1) is 55.5. The summed E-state index contributed by atoms with van der Waals surface area (Å²) in [4.78, 5) is 63.4.